The van der Waals surface area contributed by atoms with Crippen molar-refractivity contribution >= 4 is 5.91 Å². The molecular weight excluding hydrogens is 318 g/mol. The van der Waals surface area contributed by atoms with Gasteiger partial charge in [0.1, 0.15) is 13.2 Å². The van der Waals surface area contributed by atoms with E-state index in [0.29, 0.717) is 31.2 Å². The number of benzene rings is 1. The number of rotatable bonds is 3. The molecule has 2 unspecified atom stereocenters. The van der Waals surface area contributed by atoms with Crippen LogP contribution in [-0.2, 0) is 0 Å². The molecule has 25 heavy (non-hydrogen) atoms. The first kappa shape index (κ1) is 16.0. The Kier molecular flexibility index (Phi) is 4.13. The molecule has 1 aromatic heterocycles. The monoisotopic (exact) mass is 341 g/mol. The first-order valence-electron chi connectivity index (χ1n) is 8.75. The van der Waals surface area contributed by atoms with Gasteiger partial charge in [0.2, 0.25) is 0 Å². The van der Waals surface area contributed by atoms with Crippen molar-refractivity contribution in [2.24, 2.45) is 11.7 Å². The predicted molar refractivity (Wildman–Crippen MR) is 94.9 cm³/mol. The number of aromatic amines is 1. The Balaban J connectivity index is 1.64. The van der Waals surface area contributed by atoms with Gasteiger partial charge in [-0.2, -0.15) is 0 Å². The molecule has 132 valence electrons. The lowest BCUT2D eigenvalue weighted by atomic mass is 10.0. The van der Waals surface area contributed by atoms with Gasteiger partial charge < -0.3 is 25.1 Å². The van der Waals surface area contributed by atoms with Crippen molar-refractivity contribution < 1.29 is 14.3 Å². The van der Waals surface area contributed by atoms with E-state index in [1.165, 1.54) is 0 Å². The van der Waals surface area contributed by atoms with Crippen LogP contribution in [0.25, 0.3) is 11.1 Å². The van der Waals surface area contributed by atoms with Crippen molar-refractivity contribution in [3.8, 4) is 22.6 Å². The van der Waals surface area contributed by atoms with Crippen molar-refractivity contribution in [3.05, 3.63) is 36.2 Å². The lowest BCUT2D eigenvalue weighted by Crippen LogP contribution is -2.34. The molecule has 2 atom stereocenters. The van der Waals surface area contributed by atoms with Crippen LogP contribution in [0.3, 0.4) is 0 Å². The molecule has 1 saturated heterocycles. The number of hydrogen-bond donors (Lipinski definition) is 2. The SMILES string of the molecule is CC1CC(CN)CN1C(=O)c1c[nH]cc1-c1ccc2c(c1)OCCO2. The second-order valence-corrected chi connectivity index (χ2v) is 6.79. The third-order valence-corrected chi connectivity index (χ3v) is 5.08. The summed E-state index contributed by atoms with van der Waals surface area (Å²) in [5, 5.41) is 0. The van der Waals surface area contributed by atoms with Crippen molar-refractivity contribution in [1.29, 1.82) is 0 Å². The van der Waals surface area contributed by atoms with E-state index in [1.807, 2.05) is 29.3 Å². The number of carbonyl (C=O) groups excluding carboxylic acids is 1. The minimum atomic E-state index is 0.0505. The number of nitrogens with one attached hydrogen (secondary N) is 1. The zero-order chi connectivity index (χ0) is 17.4. The van der Waals surface area contributed by atoms with Crippen LogP contribution >= 0.6 is 0 Å². The van der Waals surface area contributed by atoms with Gasteiger partial charge in [-0.1, -0.05) is 6.07 Å². The summed E-state index contributed by atoms with van der Waals surface area (Å²) in [6, 6.07) is 6.01. The molecule has 1 fully saturated rings. The number of amides is 1. The van der Waals surface area contributed by atoms with Gasteiger partial charge in [0, 0.05) is 30.5 Å². The molecule has 2 aliphatic rings. The van der Waals surface area contributed by atoms with Crippen LogP contribution in [0, 0.1) is 5.92 Å². The molecule has 0 bridgehead atoms. The summed E-state index contributed by atoms with van der Waals surface area (Å²) < 4.78 is 11.2. The molecule has 6 nitrogen and oxygen atoms in total. The smallest absolute Gasteiger partial charge is 0.256 e. The standard InChI is InChI=1S/C19H23N3O3/c1-12-6-13(8-20)11-22(12)19(23)16-10-21-9-15(16)14-2-3-17-18(7-14)25-5-4-24-17/h2-3,7,9-10,12-13,21H,4-6,8,11,20H2,1H3. The van der Waals surface area contributed by atoms with Crippen molar-refractivity contribution in [2.45, 2.75) is 19.4 Å². The maximum atomic E-state index is 13.1. The highest BCUT2D eigenvalue weighted by Crippen LogP contribution is 2.36. The summed E-state index contributed by atoms with van der Waals surface area (Å²) in [6.07, 6.45) is 4.60. The van der Waals surface area contributed by atoms with Crippen LogP contribution in [0.4, 0.5) is 0 Å². The number of likely N-dealkylation sites (tertiary alicyclic amines) is 1. The number of carbonyl (C=O) groups is 1. The second-order valence-electron chi connectivity index (χ2n) is 6.79. The number of fused-ring (bicyclic) bond motifs is 1. The summed E-state index contributed by atoms with van der Waals surface area (Å²) >= 11 is 0. The van der Waals surface area contributed by atoms with Gasteiger partial charge >= 0.3 is 0 Å². The Morgan fingerprint density at radius 2 is 2.08 bits per heavy atom. The Morgan fingerprint density at radius 3 is 2.84 bits per heavy atom. The van der Waals surface area contributed by atoms with E-state index < -0.39 is 0 Å². The van der Waals surface area contributed by atoms with Gasteiger partial charge in [0.05, 0.1) is 5.56 Å². The lowest BCUT2D eigenvalue weighted by Gasteiger charge is -2.22. The maximum absolute atomic E-state index is 13.1. The summed E-state index contributed by atoms with van der Waals surface area (Å²) in [4.78, 5) is 18.1. The Hall–Kier alpha value is -2.47. The van der Waals surface area contributed by atoms with Gasteiger partial charge in [-0.3, -0.25) is 4.79 Å². The first-order chi connectivity index (χ1) is 12.2. The van der Waals surface area contributed by atoms with E-state index in [9.17, 15) is 4.79 Å². The Labute approximate surface area is 146 Å². The molecule has 0 saturated carbocycles. The van der Waals surface area contributed by atoms with Crippen molar-refractivity contribution in [2.75, 3.05) is 26.3 Å². The molecule has 3 heterocycles. The average molecular weight is 341 g/mol. The maximum Gasteiger partial charge on any atom is 0.256 e. The number of nitrogens with zero attached hydrogens (tertiary/aromatic N) is 1. The Bertz CT molecular complexity index is 786. The molecule has 2 aliphatic heterocycles. The highest BCUT2D eigenvalue weighted by molar-refractivity contribution is 6.01. The summed E-state index contributed by atoms with van der Waals surface area (Å²) in [5.74, 6) is 1.91. The van der Waals surface area contributed by atoms with E-state index in [-0.39, 0.29) is 11.9 Å². The first-order valence-corrected chi connectivity index (χ1v) is 8.75. The largest absolute Gasteiger partial charge is 0.486 e. The number of hydrogen-bond acceptors (Lipinski definition) is 4. The van der Waals surface area contributed by atoms with Crippen LogP contribution in [-0.4, -0.2) is 48.1 Å². The fourth-order valence-corrected chi connectivity index (χ4v) is 3.74. The van der Waals surface area contributed by atoms with Gasteiger partial charge in [0.15, 0.2) is 11.5 Å². The van der Waals surface area contributed by atoms with Crippen LogP contribution < -0.4 is 15.2 Å². The van der Waals surface area contributed by atoms with Crippen LogP contribution in [0.1, 0.15) is 23.7 Å². The molecule has 2 aromatic rings. The second kappa shape index (κ2) is 6.44. The highest BCUT2D eigenvalue weighted by Gasteiger charge is 2.33. The molecule has 1 aromatic carbocycles. The minimum Gasteiger partial charge on any atom is -0.486 e. The number of nitrogens with two attached hydrogens (primary N) is 1. The normalized spacial score (nSPS) is 22.2. The molecule has 3 N–H and O–H groups in total. The zero-order valence-electron chi connectivity index (χ0n) is 14.3. The van der Waals surface area contributed by atoms with E-state index in [4.69, 9.17) is 15.2 Å². The van der Waals surface area contributed by atoms with Crippen LogP contribution in [0.5, 0.6) is 11.5 Å². The van der Waals surface area contributed by atoms with Gasteiger partial charge in [-0.15, -0.1) is 0 Å². The molecular formula is C19H23N3O3. The van der Waals surface area contributed by atoms with Crippen molar-refractivity contribution in [1.82, 2.24) is 9.88 Å². The topological polar surface area (TPSA) is 80.6 Å². The summed E-state index contributed by atoms with van der Waals surface area (Å²) in [6.45, 7) is 4.54. The fourth-order valence-electron chi connectivity index (χ4n) is 3.74. The summed E-state index contributed by atoms with van der Waals surface area (Å²) in [5.41, 5.74) is 8.30. The van der Waals surface area contributed by atoms with E-state index in [1.54, 1.807) is 6.20 Å². The van der Waals surface area contributed by atoms with Crippen LogP contribution in [0.15, 0.2) is 30.6 Å². The molecule has 0 radical (unpaired) electrons. The number of aromatic nitrogens is 1. The van der Waals surface area contributed by atoms with Crippen LogP contribution in [0.2, 0.25) is 0 Å². The third kappa shape index (κ3) is 2.87. The fraction of sp³-hybridized carbons (Fsp3) is 0.421. The molecule has 1 amide bonds. The molecule has 6 heteroatoms. The number of ether oxygens (including phenoxy) is 2. The zero-order valence-corrected chi connectivity index (χ0v) is 14.3. The van der Waals surface area contributed by atoms with Gasteiger partial charge in [-0.25, -0.2) is 0 Å². The van der Waals surface area contributed by atoms with Gasteiger partial charge in [0.25, 0.3) is 5.91 Å². The van der Waals surface area contributed by atoms with E-state index in [2.05, 4.69) is 11.9 Å². The number of H-pyrrole nitrogens is 1. The molecule has 0 aliphatic carbocycles. The van der Waals surface area contributed by atoms with E-state index in [0.717, 1.165) is 35.6 Å². The molecule has 0 spiro atoms. The third-order valence-electron chi connectivity index (χ3n) is 5.08. The van der Waals surface area contributed by atoms with E-state index >= 15 is 0 Å². The minimum absolute atomic E-state index is 0.0505. The quantitative estimate of drug-likeness (QED) is 0.897. The highest BCUT2D eigenvalue weighted by atomic mass is 16.6. The average Bonchev–Trinajstić information content (AvgIpc) is 3.27. The Morgan fingerprint density at radius 1 is 1.28 bits per heavy atom. The predicted octanol–water partition coefficient (Wildman–Crippen LogP) is 2.26. The summed E-state index contributed by atoms with van der Waals surface area (Å²) in [7, 11) is 0. The van der Waals surface area contributed by atoms with Crippen molar-refractivity contribution in [3.63, 3.8) is 0 Å². The lowest BCUT2D eigenvalue weighted by molar-refractivity contribution is 0.0744. The molecule has 4 rings (SSSR count). The van der Waals surface area contributed by atoms with Gasteiger partial charge in [-0.05, 0) is 43.5 Å².